The van der Waals surface area contributed by atoms with Crippen LogP contribution in [-0.2, 0) is 11.2 Å². The average molecular weight is 368 g/mol. The molecule has 27 heavy (non-hydrogen) atoms. The number of hydrogen-bond acceptors (Lipinski definition) is 3. The van der Waals surface area contributed by atoms with Gasteiger partial charge in [0.15, 0.2) is 5.76 Å². The second-order valence-corrected chi connectivity index (χ2v) is 7.50. The van der Waals surface area contributed by atoms with Crippen LogP contribution < -0.4 is 0 Å². The second kappa shape index (κ2) is 9.40. The minimum atomic E-state index is -0.398. The van der Waals surface area contributed by atoms with E-state index in [-0.39, 0.29) is 5.76 Å². The topological polar surface area (TPSA) is 55.0 Å². The number of likely N-dealkylation sites (tertiary alicyclic amines) is 1. The van der Waals surface area contributed by atoms with Gasteiger partial charge in [-0.05, 0) is 48.8 Å². The summed E-state index contributed by atoms with van der Waals surface area (Å²) in [5.41, 5.74) is 1.38. The Labute approximate surface area is 161 Å². The Hall–Kier alpha value is -2.56. The van der Waals surface area contributed by atoms with Gasteiger partial charge in [-0.2, -0.15) is 4.99 Å². The molecule has 1 aromatic carbocycles. The fraction of sp³-hybridized carbons (Fsp3) is 0.455. The molecule has 3 rings (SSSR count). The number of amidine groups is 1. The first-order chi connectivity index (χ1) is 13.1. The number of ether oxygens (including phenoxy) is 1. The van der Waals surface area contributed by atoms with E-state index in [0.717, 1.165) is 32.4 Å². The van der Waals surface area contributed by atoms with Crippen LogP contribution in [0.1, 0.15) is 42.8 Å². The third-order valence-corrected chi connectivity index (χ3v) is 4.73. The van der Waals surface area contributed by atoms with Gasteiger partial charge in [-0.15, -0.1) is 0 Å². The molecule has 144 valence electrons. The predicted molar refractivity (Wildman–Crippen MR) is 106 cm³/mol. The van der Waals surface area contributed by atoms with Crippen molar-refractivity contribution in [2.75, 3.05) is 19.7 Å². The molecule has 0 saturated carbocycles. The van der Waals surface area contributed by atoms with Crippen molar-refractivity contribution in [3.63, 3.8) is 0 Å². The first kappa shape index (κ1) is 19.2. The Morgan fingerprint density at radius 2 is 1.93 bits per heavy atom. The van der Waals surface area contributed by atoms with Gasteiger partial charge in [0, 0.05) is 13.1 Å². The zero-order valence-electron chi connectivity index (χ0n) is 16.1. The van der Waals surface area contributed by atoms with Crippen LogP contribution in [-0.4, -0.2) is 36.5 Å². The van der Waals surface area contributed by atoms with Crippen molar-refractivity contribution in [1.29, 1.82) is 0 Å². The third-order valence-electron chi connectivity index (χ3n) is 4.73. The van der Waals surface area contributed by atoms with E-state index in [0.29, 0.717) is 24.5 Å². The second-order valence-electron chi connectivity index (χ2n) is 7.50. The summed E-state index contributed by atoms with van der Waals surface area (Å²) in [6, 6.07) is 14.3. The van der Waals surface area contributed by atoms with E-state index >= 15 is 0 Å². The van der Waals surface area contributed by atoms with Crippen molar-refractivity contribution in [2.24, 2.45) is 16.8 Å². The maximum atomic E-state index is 12.3. The first-order valence-corrected chi connectivity index (χ1v) is 9.70. The van der Waals surface area contributed by atoms with Crippen LogP contribution in [0.2, 0.25) is 0 Å². The molecule has 0 spiro atoms. The summed E-state index contributed by atoms with van der Waals surface area (Å²) in [6.07, 6.45) is 4.70. The monoisotopic (exact) mass is 368 g/mol. The molecule has 0 radical (unpaired) electrons. The van der Waals surface area contributed by atoms with Crippen LogP contribution in [0.4, 0.5) is 0 Å². The molecule has 1 aliphatic rings. The van der Waals surface area contributed by atoms with Gasteiger partial charge >= 0.3 is 5.91 Å². The van der Waals surface area contributed by atoms with Crippen LogP contribution in [0.3, 0.4) is 0 Å². The van der Waals surface area contributed by atoms with Crippen molar-refractivity contribution < 1.29 is 13.9 Å². The van der Waals surface area contributed by atoms with Gasteiger partial charge in [0.25, 0.3) is 6.02 Å². The molecule has 0 unspecified atom stereocenters. The Bertz CT molecular complexity index is 730. The standard InChI is InChI=1S/C22H28N2O3/c1-17(2)16-27-22(23-21(25)20-9-6-14-26-20)24-12-10-19(11-13-24)15-18-7-4-3-5-8-18/h3-9,14,17,19H,10-13,15-16H2,1-2H3. The molecule has 0 atom stereocenters. The van der Waals surface area contributed by atoms with E-state index < -0.39 is 5.91 Å². The molecule has 2 aromatic rings. The van der Waals surface area contributed by atoms with Crippen molar-refractivity contribution in [2.45, 2.75) is 33.1 Å². The highest BCUT2D eigenvalue weighted by Crippen LogP contribution is 2.22. The number of carbonyl (C=O) groups is 1. The summed E-state index contributed by atoms with van der Waals surface area (Å²) >= 11 is 0. The van der Waals surface area contributed by atoms with Gasteiger partial charge in [-0.25, -0.2) is 0 Å². The maximum Gasteiger partial charge on any atom is 0.317 e. The molecule has 0 bridgehead atoms. The van der Waals surface area contributed by atoms with Crippen LogP contribution >= 0.6 is 0 Å². The van der Waals surface area contributed by atoms with Gasteiger partial charge in [-0.1, -0.05) is 44.2 Å². The van der Waals surface area contributed by atoms with Gasteiger partial charge in [0.1, 0.15) is 0 Å². The molecule has 5 nitrogen and oxygen atoms in total. The molecule has 1 aliphatic heterocycles. The quantitative estimate of drug-likeness (QED) is 0.580. The fourth-order valence-electron chi connectivity index (χ4n) is 3.25. The lowest BCUT2D eigenvalue weighted by atomic mass is 9.90. The number of furan rings is 1. The molecule has 1 fully saturated rings. The highest BCUT2D eigenvalue weighted by Gasteiger charge is 2.24. The lowest BCUT2D eigenvalue weighted by molar-refractivity contribution is 0.0962. The number of benzene rings is 1. The molecule has 5 heteroatoms. The number of rotatable bonds is 5. The molecule has 0 N–H and O–H groups in total. The molecular weight excluding hydrogens is 340 g/mol. The normalized spacial score (nSPS) is 16.0. The summed E-state index contributed by atoms with van der Waals surface area (Å²) < 4.78 is 11.0. The molecule has 1 amide bonds. The number of aliphatic imine (C=N–C) groups is 1. The molecule has 0 aliphatic carbocycles. The van der Waals surface area contributed by atoms with Crippen molar-refractivity contribution >= 4 is 11.9 Å². The zero-order valence-corrected chi connectivity index (χ0v) is 16.1. The van der Waals surface area contributed by atoms with Gasteiger partial charge in [0.05, 0.1) is 12.9 Å². The van der Waals surface area contributed by atoms with E-state index in [1.54, 1.807) is 12.1 Å². The minimum absolute atomic E-state index is 0.236. The third kappa shape index (κ3) is 5.71. The van der Waals surface area contributed by atoms with Crippen LogP contribution in [0, 0.1) is 11.8 Å². The average Bonchev–Trinajstić information content (AvgIpc) is 3.21. The Morgan fingerprint density at radius 1 is 1.19 bits per heavy atom. The number of nitrogens with zero attached hydrogens (tertiary/aromatic N) is 2. The van der Waals surface area contributed by atoms with Crippen molar-refractivity contribution in [1.82, 2.24) is 4.90 Å². The Balaban J connectivity index is 1.62. The summed E-state index contributed by atoms with van der Waals surface area (Å²) in [6.45, 7) is 6.39. The highest BCUT2D eigenvalue weighted by atomic mass is 16.5. The van der Waals surface area contributed by atoms with E-state index in [1.807, 2.05) is 0 Å². The SMILES string of the molecule is CC(C)COC(=NC(=O)c1ccco1)N1CCC(Cc2ccccc2)CC1. The van der Waals surface area contributed by atoms with E-state index in [9.17, 15) is 4.79 Å². The molecule has 2 heterocycles. The lowest BCUT2D eigenvalue weighted by Crippen LogP contribution is -2.41. The Morgan fingerprint density at radius 3 is 2.56 bits per heavy atom. The molecule has 1 aromatic heterocycles. The summed E-state index contributed by atoms with van der Waals surface area (Å²) in [5, 5.41) is 0. The Kier molecular flexibility index (Phi) is 6.69. The van der Waals surface area contributed by atoms with Crippen LogP contribution in [0.15, 0.2) is 58.1 Å². The smallest absolute Gasteiger partial charge is 0.317 e. The fourth-order valence-corrected chi connectivity index (χ4v) is 3.25. The lowest BCUT2D eigenvalue weighted by Gasteiger charge is -2.33. The number of carbonyl (C=O) groups excluding carboxylic acids is 1. The van der Waals surface area contributed by atoms with Gasteiger partial charge < -0.3 is 14.1 Å². The van der Waals surface area contributed by atoms with Crippen molar-refractivity contribution in [3.05, 3.63) is 60.1 Å². The van der Waals surface area contributed by atoms with Gasteiger partial charge in [-0.3, -0.25) is 4.79 Å². The largest absolute Gasteiger partial charge is 0.465 e. The number of hydrogen-bond donors (Lipinski definition) is 0. The zero-order chi connectivity index (χ0) is 19.1. The summed E-state index contributed by atoms with van der Waals surface area (Å²) in [7, 11) is 0. The first-order valence-electron chi connectivity index (χ1n) is 9.70. The molecular formula is C22H28N2O3. The number of amides is 1. The van der Waals surface area contributed by atoms with E-state index in [2.05, 4.69) is 54.1 Å². The minimum Gasteiger partial charge on any atom is -0.465 e. The van der Waals surface area contributed by atoms with E-state index in [4.69, 9.17) is 9.15 Å². The molecule has 1 saturated heterocycles. The summed E-state index contributed by atoms with van der Waals surface area (Å²) in [5.74, 6) is 0.852. The van der Waals surface area contributed by atoms with Crippen LogP contribution in [0.25, 0.3) is 0 Å². The van der Waals surface area contributed by atoms with E-state index in [1.165, 1.54) is 11.8 Å². The highest BCUT2D eigenvalue weighted by molar-refractivity contribution is 5.99. The van der Waals surface area contributed by atoms with Crippen molar-refractivity contribution in [3.8, 4) is 0 Å². The summed E-state index contributed by atoms with van der Waals surface area (Å²) in [4.78, 5) is 18.6. The maximum absolute atomic E-state index is 12.3. The number of piperidine rings is 1. The predicted octanol–water partition coefficient (Wildman–Crippen LogP) is 4.40. The van der Waals surface area contributed by atoms with Gasteiger partial charge in [0.2, 0.25) is 0 Å². The van der Waals surface area contributed by atoms with Crippen LogP contribution in [0.5, 0.6) is 0 Å².